The molecule has 4 heteroatoms. The smallest absolute Gasteiger partial charge is 0.259 e. The monoisotopic (exact) mass is 222 g/mol. The van der Waals surface area contributed by atoms with Crippen molar-refractivity contribution >= 4 is 5.91 Å². The SMILES string of the molecule is O=C(NCc1ccccc1)C1(F)CCNC1. The van der Waals surface area contributed by atoms with Crippen LogP contribution in [-0.2, 0) is 11.3 Å². The number of amides is 1. The zero-order valence-corrected chi connectivity index (χ0v) is 9.00. The summed E-state index contributed by atoms with van der Waals surface area (Å²) < 4.78 is 13.9. The normalized spacial score (nSPS) is 24.3. The van der Waals surface area contributed by atoms with Gasteiger partial charge in [-0.3, -0.25) is 4.79 Å². The Bertz CT molecular complexity index is 361. The summed E-state index contributed by atoms with van der Waals surface area (Å²) in [6.07, 6.45) is 0.258. The van der Waals surface area contributed by atoms with E-state index in [2.05, 4.69) is 10.6 Å². The number of nitrogens with one attached hydrogen (secondary N) is 2. The summed E-state index contributed by atoms with van der Waals surface area (Å²) in [6, 6.07) is 9.49. The Morgan fingerprint density at radius 1 is 1.44 bits per heavy atom. The number of benzene rings is 1. The Hall–Kier alpha value is -1.42. The summed E-state index contributed by atoms with van der Waals surface area (Å²) in [4.78, 5) is 11.6. The number of hydrogen-bond donors (Lipinski definition) is 2. The van der Waals surface area contributed by atoms with E-state index in [0.717, 1.165) is 5.56 Å². The van der Waals surface area contributed by atoms with Crippen LogP contribution in [0.15, 0.2) is 30.3 Å². The minimum Gasteiger partial charge on any atom is -0.349 e. The van der Waals surface area contributed by atoms with Crippen LogP contribution >= 0.6 is 0 Å². The van der Waals surface area contributed by atoms with Gasteiger partial charge in [-0.2, -0.15) is 0 Å². The number of halogens is 1. The molecule has 1 atom stereocenters. The second kappa shape index (κ2) is 4.61. The first-order chi connectivity index (χ1) is 7.71. The van der Waals surface area contributed by atoms with Crippen LogP contribution in [0.25, 0.3) is 0 Å². The number of carbonyl (C=O) groups excluding carboxylic acids is 1. The Balaban J connectivity index is 1.89. The molecule has 1 amide bonds. The second-order valence-electron chi connectivity index (χ2n) is 4.06. The highest BCUT2D eigenvalue weighted by atomic mass is 19.1. The molecular formula is C12H15FN2O. The number of alkyl halides is 1. The lowest BCUT2D eigenvalue weighted by Gasteiger charge is -2.17. The quantitative estimate of drug-likeness (QED) is 0.801. The maximum atomic E-state index is 13.9. The van der Waals surface area contributed by atoms with Crippen LogP contribution in [0.4, 0.5) is 4.39 Å². The van der Waals surface area contributed by atoms with Crippen molar-refractivity contribution in [2.24, 2.45) is 0 Å². The fourth-order valence-corrected chi connectivity index (χ4v) is 1.79. The van der Waals surface area contributed by atoms with Crippen molar-refractivity contribution in [2.45, 2.75) is 18.6 Å². The van der Waals surface area contributed by atoms with Crippen molar-refractivity contribution in [3.8, 4) is 0 Å². The molecule has 3 nitrogen and oxygen atoms in total. The lowest BCUT2D eigenvalue weighted by Crippen LogP contribution is -2.44. The molecule has 1 heterocycles. The van der Waals surface area contributed by atoms with Crippen molar-refractivity contribution in [1.29, 1.82) is 0 Å². The molecule has 1 aromatic rings. The van der Waals surface area contributed by atoms with E-state index in [4.69, 9.17) is 0 Å². The Morgan fingerprint density at radius 3 is 2.81 bits per heavy atom. The molecule has 1 aliphatic rings. The summed E-state index contributed by atoms with van der Waals surface area (Å²) in [6.45, 7) is 1.06. The first-order valence-corrected chi connectivity index (χ1v) is 5.43. The third-order valence-electron chi connectivity index (χ3n) is 2.81. The van der Waals surface area contributed by atoms with Crippen molar-refractivity contribution in [3.63, 3.8) is 0 Å². The molecule has 16 heavy (non-hydrogen) atoms. The zero-order valence-electron chi connectivity index (χ0n) is 9.00. The molecular weight excluding hydrogens is 207 g/mol. The Morgan fingerprint density at radius 2 is 2.19 bits per heavy atom. The van der Waals surface area contributed by atoms with Crippen molar-refractivity contribution in [3.05, 3.63) is 35.9 Å². The van der Waals surface area contributed by atoms with Crippen LogP contribution in [0.2, 0.25) is 0 Å². The Kier molecular flexibility index (Phi) is 3.19. The van der Waals surface area contributed by atoms with E-state index < -0.39 is 11.6 Å². The zero-order chi connectivity index (χ0) is 11.4. The van der Waals surface area contributed by atoms with Crippen molar-refractivity contribution in [1.82, 2.24) is 10.6 Å². The van der Waals surface area contributed by atoms with E-state index in [1.54, 1.807) is 0 Å². The van der Waals surface area contributed by atoms with E-state index in [-0.39, 0.29) is 13.0 Å². The fraction of sp³-hybridized carbons (Fsp3) is 0.417. The minimum absolute atomic E-state index is 0.119. The van der Waals surface area contributed by atoms with Gasteiger partial charge in [0.25, 0.3) is 5.91 Å². The molecule has 1 fully saturated rings. The van der Waals surface area contributed by atoms with E-state index >= 15 is 0 Å². The van der Waals surface area contributed by atoms with Gasteiger partial charge in [-0.1, -0.05) is 30.3 Å². The van der Waals surface area contributed by atoms with Gasteiger partial charge in [0.15, 0.2) is 0 Å². The molecule has 1 unspecified atom stereocenters. The highest BCUT2D eigenvalue weighted by Gasteiger charge is 2.41. The molecule has 1 saturated heterocycles. The van der Waals surface area contributed by atoms with Gasteiger partial charge in [-0.25, -0.2) is 4.39 Å². The van der Waals surface area contributed by atoms with Crippen LogP contribution in [0.5, 0.6) is 0 Å². The summed E-state index contributed by atoms with van der Waals surface area (Å²) in [5, 5.41) is 5.48. The lowest BCUT2D eigenvalue weighted by molar-refractivity contribution is -0.131. The van der Waals surface area contributed by atoms with Crippen LogP contribution in [-0.4, -0.2) is 24.7 Å². The molecule has 1 aliphatic heterocycles. The molecule has 0 aliphatic carbocycles. The molecule has 2 rings (SSSR count). The predicted octanol–water partition coefficient (Wildman–Crippen LogP) is 1.00. The van der Waals surface area contributed by atoms with Gasteiger partial charge >= 0.3 is 0 Å². The van der Waals surface area contributed by atoms with Crippen LogP contribution < -0.4 is 10.6 Å². The first kappa shape index (κ1) is 11.1. The highest BCUT2D eigenvalue weighted by molar-refractivity contribution is 5.85. The molecule has 0 bridgehead atoms. The molecule has 0 aromatic heterocycles. The maximum absolute atomic E-state index is 13.9. The fourth-order valence-electron chi connectivity index (χ4n) is 1.79. The minimum atomic E-state index is -1.73. The average Bonchev–Trinajstić information content (AvgIpc) is 2.76. The molecule has 2 N–H and O–H groups in total. The number of rotatable bonds is 3. The lowest BCUT2D eigenvalue weighted by atomic mass is 10.0. The van der Waals surface area contributed by atoms with Gasteiger partial charge in [-0.05, 0) is 12.1 Å². The Labute approximate surface area is 94.0 Å². The van der Waals surface area contributed by atoms with E-state index in [0.29, 0.717) is 13.1 Å². The second-order valence-corrected chi connectivity index (χ2v) is 4.06. The average molecular weight is 222 g/mol. The summed E-state index contributed by atoms with van der Waals surface area (Å²) in [5.41, 5.74) is -0.750. The van der Waals surface area contributed by atoms with Crippen LogP contribution in [0.1, 0.15) is 12.0 Å². The van der Waals surface area contributed by atoms with E-state index in [1.807, 2.05) is 30.3 Å². The summed E-state index contributed by atoms with van der Waals surface area (Å²) >= 11 is 0. The van der Waals surface area contributed by atoms with Crippen molar-refractivity contribution < 1.29 is 9.18 Å². The molecule has 0 radical (unpaired) electrons. The molecule has 0 spiro atoms. The van der Waals surface area contributed by atoms with Gasteiger partial charge in [0.05, 0.1) is 0 Å². The van der Waals surface area contributed by atoms with Gasteiger partial charge in [0, 0.05) is 19.5 Å². The number of carbonyl (C=O) groups is 1. The largest absolute Gasteiger partial charge is 0.349 e. The number of hydrogen-bond acceptors (Lipinski definition) is 2. The standard InChI is InChI=1S/C12H15FN2O/c13-12(6-7-14-9-12)11(16)15-8-10-4-2-1-3-5-10/h1-5,14H,6-9H2,(H,15,16). The third-order valence-corrected chi connectivity index (χ3v) is 2.81. The van der Waals surface area contributed by atoms with Gasteiger partial charge in [0.2, 0.25) is 5.67 Å². The topological polar surface area (TPSA) is 41.1 Å². The van der Waals surface area contributed by atoms with Gasteiger partial charge in [0.1, 0.15) is 0 Å². The van der Waals surface area contributed by atoms with Crippen molar-refractivity contribution in [2.75, 3.05) is 13.1 Å². The van der Waals surface area contributed by atoms with E-state index in [1.165, 1.54) is 0 Å². The molecule has 1 aromatic carbocycles. The van der Waals surface area contributed by atoms with Crippen LogP contribution in [0, 0.1) is 0 Å². The highest BCUT2D eigenvalue weighted by Crippen LogP contribution is 2.19. The first-order valence-electron chi connectivity index (χ1n) is 5.43. The van der Waals surface area contributed by atoms with E-state index in [9.17, 15) is 9.18 Å². The van der Waals surface area contributed by atoms with Crippen LogP contribution in [0.3, 0.4) is 0 Å². The molecule has 0 saturated carbocycles. The summed E-state index contributed by atoms with van der Waals surface area (Å²) in [7, 11) is 0. The third kappa shape index (κ3) is 2.39. The van der Waals surface area contributed by atoms with Gasteiger partial charge in [-0.15, -0.1) is 0 Å². The van der Waals surface area contributed by atoms with Gasteiger partial charge < -0.3 is 10.6 Å². The summed E-state index contributed by atoms with van der Waals surface area (Å²) in [5.74, 6) is -0.513. The molecule has 86 valence electrons. The maximum Gasteiger partial charge on any atom is 0.259 e. The predicted molar refractivity (Wildman–Crippen MR) is 59.6 cm³/mol.